The first kappa shape index (κ1) is 14.4. The Morgan fingerprint density at radius 1 is 1.36 bits per heavy atom. The minimum absolute atomic E-state index is 0.176. The summed E-state index contributed by atoms with van der Waals surface area (Å²) >= 11 is 0. The highest BCUT2D eigenvalue weighted by Gasteiger charge is 2.32. The van der Waals surface area contributed by atoms with Gasteiger partial charge in [0.1, 0.15) is 6.61 Å². The zero-order valence-corrected chi connectivity index (χ0v) is 12.8. The van der Waals surface area contributed by atoms with Gasteiger partial charge in [0.2, 0.25) is 5.76 Å². The fraction of sp³-hybridized carbons (Fsp3) is 0.375. The van der Waals surface area contributed by atoms with Crippen LogP contribution in [0.2, 0.25) is 0 Å². The Labute approximate surface area is 128 Å². The van der Waals surface area contributed by atoms with E-state index in [0.29, 0.717) is 18.1 Å². The number of amides is 1. The van der Waals surface area contributed by atoms with E-state index in [1.54, 1.807) is 18.9 Å². The first-order valence-corrected chi connectivity index (χ1v) is 7.13. The van der Waals surface area contributed by atoms with Crippen molar-refractivity contribution in [1.82, 2.24) is 9.88 Å². The van der Waals surface area contributed by atoms with Crippen LogP contribution in [0.4, 0.5) is 0 Å². The summed E-state index contributed by atoms with van der Waals surface area (Å²) in [4.78, 5) is 18.0. The number of carbonyl (C=O) groups excluding carboxylic acids is 1. The van der Waals surface area contributed by atoms with Crippen LogP contribution in [0.1, 0.15) is 23.2 Å². The molecule has 0 bridgehead atoms. The second kappa shape index (κ2) is 5.71. The molecule has 1 aliphatic rings. The van der Waals surface area contributed by atoms with E-state index in [0.717, 1.165) is 5.75 Å². The highest BCUT2D eigenvalue weighted by atomic mass is 16.6. The molecule has 2 heterocycles. The number of hydrogen-bond donors (Lipinski definition) is 0. The largest absolute Gasteiger partial charge is 0.486 e. The van der Waals surface area contributed by atoms with E-state index in [2.05, 4.69) is 4.98 Å². The molecule has 1 amide bonds. The maximum atomic E-state index is 12.5. The van der Waals surface area contributed by atoms with Gasteiger partial charge in [-0.15, -0.1) is 0 Å². The van der Waals surface area contributed by atoms with Crippen molar-refractivity contribution in [2.45, 2.75) is 26.0 Å². The predicted octanol–water partition coefficient (Wildman–Crippen LogP) is 2.28. The molecule has 0 N–H and O–H groups in total. The Morgan fingerprint density at radius 3 is 2.77 bits per heavy atom. The number of fused-ring (bicyclic) bond motifs is 1. The molecule has 2 aromatic rings. The summed E-state index contributed by atoms with van der Waals surface area (Å²) in [6.07, 6.45) is 1.03. The van der Waals surface area contributed by atoms with Crippen LogP contribution in [-0.2, 0) is 0 Å². The SMILES string of the molecule is Cc1ncoc1C(=O)N(C)C(C)C1COc2ccccc2O1. The second-order valence-corrected chi connectivity index (χ2v) is 5.34. The molecular formula is C16H18N2O4. The number of oxazole rings is 1. The Balaban J connectivity index is 1.73. The van der Waals surface area contributed by atoms with Gasteiger partial charge in [-0.1, -0.05) is 12.1 Å². The normalized spacial score (nSPS) is 17.9. The molecule has 0 saturated carbocycles. The third kappa shape index (κ3) is 2.52. The summed E-state index contributed by atoms with van der Waals surface area (Å²) in [7, 11) is 1.72. The number of aromatic nitrogens is 1. The fourth-order valence-corrected chi connectivity index (χ4v) is 2.38. The van der Waals surface area contributed by atoms with E-state index < -0.39 is 0 Å². The third-order valence-electron chi connectivity index (χ3n) is 3.94. The lowest BCUT2D eigenvalue weighted by Crippen LogP contribution is -2.49. The van der Waals surface area contributed by atoms with Gasteiger partial charge in [-0.3, -0.25) is 4.79 Å². The first-order valence-electron chi connectivity index (χ1n) is 7.13. The first-order chi connectivity index (χ1) is 10.6. The lowest BCUT2D eigenvalue weighted by atomic mass is 10.1. The smallest absolute Gasteiger partial charge is 0.291 e. The predicted molar refractivity (Wildman–Crippen MR) is 79.1 cm³/mol. The molecule has 2 atom stereocenters. The van der Waals surface area contributed by atoms with Crippen LogP contribution in [-0.4, -0.2) is 41.6 Å². The molecule has 6 nitrogen and oxygen atoms in total. The molecule has 1 aromatic carbocycles. The Hall–Kier alpha value is -2.50. The molecule has 6 heteroatoms. The van der Waals surface area contributed by atoms with Crippen LogP contribution in [0, 0.1) is 6.92 Å². The number of nitrogens with zero attached hydrogens (tertiary/aromatic N) is 2. The van der Waals surface area contributed by atoms with Crippen LogP contribution in [0.25, 0.3) is 0 Å². The van der Waals surface area contributed by atoms with Gasteiger partial charge in [0.15, 0.2) is 24.0 Å². The third-order valence-corrected chi connectivity index (χ3v) is 3.94. The minimum Gasteiger partial charge on any atom is -0.486 e. The molecule has 0 aliphatic carbocycles. The summed E-state index contributed by atoms with van der Waals surface area (Å²) in [6.45, 7) is 4.06. The zero-order valence-electron chi connectivity index (χ0n) is 12.8. The van der Waals surface area contributed by atoms with Crippen molar-refractivity contribution in [3.05, 3.63) is 42.1 Å². The maximum Gasteiger partial charge on any atom is 0.291 e. The van der Waals surface area contributed by atoms with Crippen LogP contribution in [0.3, 0.4) is 0 Å². The van der Waals surface area contributed by atoms with Crippen molar-refractivity contribution < 1.29 is 18.7 Å². The van der Waals surface area contributed by atoms with Crippen molar-refractivity contribution in [2.75, 3.05) is 13.7 Å². The van der Waals surface area contributed by atoms with Gasteiger partial charge in [0, 0.05) is 7.05 Å². The van der Waals surface area contributed by atoms with Crippen LogP contribution < -0.4 is 9.47 Å². The van der Waals surface area contributed by atoms with Gasteiger partial charge in [-0.2, -0.15) is 0 Å². The van der Waals surface area contributed by atoms with Crippen LogP contribution in [0.15, 0.2) is 35.1 Å². The summed E-state index contributed by atoms with van der Waals surface area (Å²) in [5.41, 5.74) is 0.579. The average molecular weight is 302 g/mol. The van der Waals surface area contributed by atoms with E-state index in [9.17, 15) is 4.79 Å². The second-order valence-electron chi connectivity index (χ2n) is 5.34. The van der Waals surface area contributed by atoms with E-state index >= 15 is 0 Å². The number of ether oxygens (including phenoxy) is 2. The van der Waals surface area contributed by atoms with Crippen molar-refractivity contribution in [3.63, 3.8) is 0 Å². The Kier molecular flexibility index (Phi) is 3.75. The number of likely N-dealkylation sites (N-methyl/N-ethyl adjacent to an activating group) is 1. The number of hydrogen-bond acceptors (Lipinski definition) is 5. The van der Waals surface area contributed by atoms with Gasteiger partial charge in [0.05, 0.1) is 11.7 Å². The molecule has 2 unspecified atom stereocenters. The number of para-hydroxylation sites is 2. The molecule has 3 rings (SSSR count). The van der Waals surface area contributed by atoms with E-state index in [4.69, 9.17) is 13.9 Å². The topological polar surface area (TPSA) is 64.8 Å². The van der Waals surface area contributed by atoms with Gasteiger partial charge in [-0.05, 0) is 26.0 Å². The molecule has 0 radical (unpaired) electrons. The molecule has 0 spiro atoms. The van der Waals surface area contributed by atoms with Crippen LogP contribution in [0.5, 0.6) is 11.5 Å². The minimum atomic E-state index is -0.243. The highest BCUT2D eigenvalue weighted by Crippen LogP contribution is 2.32. The van der Waals surface area contributed by atoms with Crippen LogP contribution >= 0.6 is 0 Å². The number of carbonyl (C=O) groups is 1. The maximum absolute atomic E-state index is 12.5. The zero-order chi connectivity index (χ0) is 15.7. The molecule has 0 saturated heterocycles. The van der Waals surface area contributed by atoms with Crippen molar-refractivity contribution in [3.8, 4) is 11.5 Å². The molecular weight excluding hydrogens is 284 g/mol. The molecule has 0 fully saturated rings. The number of aryl methyl sites for hydroxylation is 1. The average Bonchev–Trinajstić information content (AvgIpc) is 2.98. The quantitative estimate of drug-likeness (QED) is 0.870. The highest BCUT2D eigenvalue weighted by molar-refractivity contribution is 5.92. The van der Waals surface area contributed by atoms with Gasteiger partial charge >= 0.3 is 0 Å². The van der Waals surface area contributed by atoms with Crippen molar-refractivity contribution in [1.29, 1.82) is 0 Å². The summed E-state index contributed by atoms with van der Waals surface area (Å²) in [5, 5.41) is 0. The van der Waals surface area contributed by atoms with E-state index in [-0.39, 0.29) is 23.8 Å². The lowest BCUT2D eigenvalue weighted by Gasteiger charge is -2.34. The number of benzene rings is 1. The van der Waals surface area contributed by atoms with Gasteiger partial charge < -0.3 is 18.8 Å². The molecule has 116 valence electrons. The summed E-state index contributed by atoms with van der Waals surface area (Å²) < 4.78 is 16.8. The Bertz CT molecular complexity index is 682. The molecule has 1 aliphatic heterocycles. The fourth-order valence-electron chi connectivity index (χ4n) is 2.38. The number of rotatable bonds is 3. The van der Waals surface area contributed by atoms with Gasteiger partial charge in [-0.25, -0.2) is 4.98 Å². The van der Waals surface area contributed by atoms with E-state index in [1.165, 1.54) is 6.39 Å². The lowest BCUT2D eigenvalue weighted by molar-refractivity contribution is 0.0246. The summed E-state index contributed by atoms with van der Waals surface area (Å²) in [5.74, 6) is 1.46. The standard InChI is InChI=1S/C16H18N2O4/c1-10-15(21-9-17-10)16(19)18(3)11(2)14-8-20-12-6-4-5-7-13(12)22-14/h4-7,9,11,14H,8H2,1-3H3. The Morgan fingerprint density at radius 2 is 2.09 bits per heavy atom. The van der Waals surface area contributed by atoms with E-state index in [1.807, 2.05) is 31.2 Å². The van der Waals surface area contributed by atoms with Crippen molar-refractivity contribution >= 4 is 5.91 Å². The van der Waals surface area contributed by atoms with Crippen molar-refractivity contribution in [2.24, 2.45) is 0 Å². The monoisotopic (exact) mass is 302 g/mol. The molecule has 1 aromatic heterocycles. The van der Waals surface area contributed by atoms with Gasteiger partial charge in [0.25, 0.3) is 5.91 Å². The summed E-state index contributed by atoms with van der Waals surface area (Å²) in [6, 6.07) is 7.33. The molecule has 22 heavy (non-hydrogen) atoms.